The largest absolute Gasteiger partial charge is 0.383 e. The molecule has 1 unspecified atom stereocenters. The molecule has 4 N–H and O–H groups in total. The zero-order valence-corrected chi connectivity index (χ0v) is 17.7. The van der Waals surface area contributed by atoms with Crippen molar-refractivity contribution < 1.29 is 4.74 Å². The molecule has 138 valence electrons. The predicted octanol–water partition coefficient (Wildman–Crippen LogP) is 3.06. The second-order valence-corrected chi connectivity index (χ2v) is 5.89. The van der Waals surface area contributed by atoms with E-state index in [1.807, 2.05) is 6.07 Å². The third-order valence-electron chi connectivity index (χ3n) is 4.34. The molecule has 1 atom stereocenters. The number of ether oxygens (including phenoxy) is 1. The SMILES string of the molecule is CCC(CC)(CN=C(N)NCCOC)NC(C)c1ccccc1.I. The van der Waals surface area contributed by atoms with E-state index in [4.69, 9.17) is 10.5 Å². The molecule has 0 aliphatic heterocycles. The highest BCUT2D eigenvalue weighted by Crippen LogP contribution is 2.22. The molecular weight excluding hydrogens is 415 g/mol. The molecule has 6 heteroatoms. The van der Waals surface area contributed by atoms with Crippen molar-refractivity contribution in [2.45, 2.75) is 45.2 Å². The molecule has 1 aromatic carbocycles. The van der Waals surface area contributed by atoms with Gasteiger partial charge in [0.25, 0.3) is 0 Å². The van der Waals surface area contributed by atoms with E-state index in [2.05, 4.69) is 60.7 Å². The van der Waals surface area contributed by atoms with Gasteiger partial charge in [0, 0.05) is 25.2 Å². The van der Waals surface area contributed by atoms with Gasteiger partial charge in [-0.1, -0.05) is 44.2 Å². The van der Waals surface area contributed by atoms with E-state index in [9.17, 15) is 0 Å². The van der Waals surface area contributed by atoms with Crippen LogP contribution in [-0.4, -0.2) is 38.3 Å². The summed E-state index contributed by atoms with van der Waals surface area (Å²) in [5, 5.41) is 6.82. The van der Waals surface area contributed by atoms with Crippen LogP contribution in [0.3, 0.4) is 0 Å². The topological polar surface area (TPSA) is 71.7 Å². The summed E-state index contributed by atoms with van der Waals surface area (Å²) in [7, 11) is 1.67. The molecule has 0 amide bonds. The van der Waals surface area contributed by atoms with Crippen molar-refractivity contribution >= 4 is 29.9 Å². The lowest BCUT2D eigenvalue weighted by atomic mass is 9.91. The van der Waals surface area contributed by atoms with Gasteiger partial charge in [-0.15, -0.1) is 24.0 Å². The van der Waals surface area contributed by atoms with Gasteiger partial charge in [0.05, 0.1) is 13.2 Å². The zero-order valence-electron chi connectivity index (χ0n) is 15.3. The highest BCUT2D eigenvalue weighted by atomic mass is 127. The Bertz CT molecular complexity index is 463. The highest BCUT2D eigenvalue weighted by molar-refractivity contribution is 14.0. The number of benzene rings is 1. The number of nitrogens with one attached hydrogen (secondary N) is 2. The van der Waals surface area contributed by atoms with E-state index in [0.29, 0.717) is 25.7 Å². The molecule has 0 aromatic heterocycles. The summed E-state index contributed by atoms with van der Waals surface area (Å²) in [5.41, 5.74) is 7.16. The van der Waals surface area contributed by atoms with E-state index in [0.717, 1.165) is 12.8 Å². The minimum Gasteiger partial charge on any atom is -0.383 e. The van der Waals surface area contributed by atoms with E-state index >= 15 is 0 Å². The Labute approximate surface area is 163 Å². The molecule has 5 nitrogen and oxygen atoms in total. The third kappa shape index (κ3) is 7.81. The standard InChI is InChI=1S/C18H32N4O.HI/c1-5-18(6-2,14-21-17(19)20-12-13-23-4)22-15(3)16-10-8-7-9-11-16;/h7-11,15,22H,5-6,12-14H2,1-4H3,(H3,19,20,21);1H. The number of hydrogen-bond donors (Lipinski definition) is 3. The maximum Gasteiger partial charge on any atom is 0.188 e. The monoisotopic (exact) mass is 448 g/mol. The molecule has 0 saturated heterocycles. The lowest BCUT2D eigenvalue weighted by Gasteiger charge is -2.35. The van der Waals surface area contributed by atoms with Crippen LogP contribution in [0.15, 0.2) is 35.3 Å². The van der Waals surface area contributed by atoms with Crippen LogP contribution in [-0.2, 0) is 4.74 Å². The van der Waals surface area contributed by atoms with Crippen LogP contribution >= 0.6 is 24.0 Å². The van der Waals surface area contributed by atoms with Crippen LogP contribution < -0.4 is 16.4 Å². The fraction of sp³-hybridized carbons (Fsp3) is 0.611. The van der Waals surface area contributed by atoms with Gasteiger partial charge in [0.15, 0.2) is 5.96 Å². The normalized spacial score (nSPS) is 13.2. The number of hydrogen-bond acceptors (Lipinski definition) is 3. The van der Waals surface area contributed by atoms with Crippen LogP contribution in [0.2, 0.25) is 0 Å². The molecule has 0 aliphatic carbocycles. The molecule has 0 fully saturated rings. The van der Waals surface area contributed by atoms with Crippen LogP contribution in [0.1, 0.15) is 45.2 Å². The van der Waals surface area contributed by atoms with Gasteiger partial charge in [0.2, 0.25) is 0 Å². The van der Waals surface area contributed by atoms with Crippen molar-refractivity contribution in [2.24, 2.45) is 10.7 Å². The molecule has 0 heterocycles. The van der Waals surface area contributed by atoms with E-state index in [-0.39, 0.29) is 35.6 Å². The van der Waals surface area contributed by atoms with Gasteiger partial charge < -0.3 is 21.1 Å². The van der Waals surface area contributed by atoms with Crippen molar-refractivity contribution in [1.82, 2.24) is 10.6 Å². The van der Waals surface area contributed by atoms with Crippen molar-refractivity contribution in [3.63, 3.8) is 0 Å². The first-order valence-corrected chi connectivity index (χ1v) is 8.42. The number of rotatable bonds is 10. The fourth-order valence-corrected chi connectivity index (χ4v) is 2.58. The first kappa shape index (κ1) is 23.1. The Morgan fingerprint density at radius 1 is 1.25 bits per heavy atom. The number of aliphatic imine (C=N–C) groups is 1. The van der Waals surface area contributed by atoms with Gasteiger partial charge in [-0.2, -0.15) is 0 Å². The summed E-state index contributed by atoms with van der Waals surface area (Å²) in [5.74, 6) is 0.475. The highest BCUT2D eigenvalue weighted by Gasteiger charge is 2.27. The van der Waals surface area contributed by atoms with Gasteiger partial charge >= 0.3 is 0 Å². The zero-order chi connectivity index (χ0) is 17.1. The molecule has 0 spiro atoms. The van der Waals surface area contributed by atoms with Gasteiger partial charge in [0.1, 0.15) is 0 Å². The maximum atomic E-state index is 5.93. The smallest absolute Gasteiger partial charge is 0.188 e. The average Bonchev–Trinajstić information content (AvgIpc) is 2.59. The van der Waals surface area contributed by atoms with Crippen LogP contribution in [0.25, 0.3) is 0 Å². The van der Waals surface area contributed by atoms with Crippen LogP contribution in [0.4, 0.5) is 0 Å². The summed E-state index contributed by atoms with van der Waals surface area (Å²) < 4.78 is 5.00. The lowest BCUT2D eigenvalue weighted by molar-refractivity contribution is 0.203. The third-order valence-corrected chi connectivity index (χ3v) is 4.34. The lowest BCUT2D eigenvalue weighted by Crippen LogP contribution is -2.49. The molecule has 1 rings (SSSR count). The Balaban J connectivity index is 0.00000529. The second-order valence-electron chi connectivity index (χ2n) is 5.89. The Morgan fingerprint density at radius 3 is 2.42 bits per heavy atom. The van der Waals surface area contributed by atoms with Crippen molar-refractivity contribution in [1.29, 1.82) is 0 Å². The van der Waals surface area contributed by atoms with E-state index in [1.165, 1.54) is 5.56 Å². The minimum atomic E-state index is -0.0528. The molecule has 0 bridgehead atoms. The Hall–Kier alpha value is -0.860. The minimum absolute atomic E-state index is 0. The number of methoxy groups -OCH3 is 1. The molecule has 0 radical (unpaired) electrons. The Morgan fingerprint density at radius 2 is 1.88 bits per heavy atom. The summed E-state index contributed by atoms with van der Waals surface area (Å²) in [4.78, 5) is 4.52. The molecule has 24 heavy (non-hydrogen) atoms. The molecule has 0 saturated carbocycles. The predicted molar refractivity (Wildman–Crippen MR) is 113 cm³/mol. The van der Waals surface area contributed by atoms with Crippen molar-refractivity contribution in [2.75, 3.05) is 26.8 Å². The maximum absolute atomic E-state index is 5.93. The number of guanidine groups is 1. The van der Waals surface area contributed by atoms with Crippen molar-refractivity contribution in [3.8, 4) is 0 Å². The molecular formula is C18H33IN4O. The van der Waals surface area contributed by atoms with Gasteiger partial charge in [-0.3, -0.25) is 4.99 Å². The average molecular weight is 448 g/mol. The van der Waals surface area contributed by atoms with Crippen LogP contribution in [0, 0.1) is 0 Å². The first-order chi connectivity index (χ1) is 11.1. The Kier molecular flexibility index (Phi) is 12.0. The number of nitrogens with zero attached hydrogens (tertiary/aromatic N) is 1. The first-order valence-electron chi connectivity index (χ1n) is 8.42. The van der Waals surface area contributed by atoms with Crippen LogP contribution in [0.5, 0.6) is 0 Å². The fourth-order valence-electron chi connectivity index (χ4n) is 2.58. The second kappa shape index (κ2) is 12.5. The summed E-state index contributed by atoms with van der Waals surface area (Å²) in [6.45, 7) is 8.52. The van der Waals surface area contributed by atoms with E-state index in [1.54, 1.807) is 7.11 Å². The molecule has 0 aliphatic rings. The van der Waals surface area contributed by atoms with Crippen molar-refractivity contribution in [3.05, 3.63) is 35.9 Å². The summed E-state index contributed by atoms with van der Waals surface area (Å²) in [6.07, 6.45) is 1.99. The quantitative estimate of drug-likeness (QED) is 0.223. The summed E-state index contributed by atoms with van der Waals surface area (Å²) in [6, 6.07) is 10.8. The van der Waals surface area contributed by atoms with Gasteiger partial charge in [-0.05, 0) is 25.3 Å². The van der Waals surface area contributed by atoms with Gasteiger partial charge in [-0.25, -0.2) is 0 Å². The molecule has 1 aromatic rings. The number of nitrogens with two attached hydrogens (primary N) is 1. The number of halogens is 1. The van der Waals surface area contributed by atoms with E-state index < -0.39 is 0 Å². The summed E-state index contributed by atoms with van der Waals surface area (Å²) >= 11 is 0.